The van der Waals surface area contributed by atoms with E-state index in [0.717, 1.165) is 0 Å². The first-order chi connectivity index (χ1) is 4.63. The molecule has 0 spiro atoms. The maximum absolute atomic E-state index is 8.14. The zero-order valence-electron chi connectivity index (χ0n) is 4.91. The van der Waals surface area contributed by atoms with Gasteiger partial charge in [-0.1, -0.05) is 0 Å². The standard InChI is InChI=1S/C2H8O6P2/c3-9(4)7-1-2-8-10(5)6/h3-6H,1-2H2. The lowest BCUT2D eigenvalue weighted by Gasteiger charge is -2.04. The van der Waals surface area contributed by atoms with Crippen LogP contribution in [0.3, 0.4) is 0 Å². The van der Waals surface area contributed by atoms with Gasteiger partial charge in [-0.05, 0) is 0 Å². The van der Waals surface area contributed by atoms with Crippen molar-refractivity contribution in [3.63, 3.8) is 0 Å². The van der Waals surface area contributed by atoms with Crippen molar-refractivity contribution < 1.29 is 28.6 Å². The topological polar surface area (TPSA) is 99.4 Å². The quantitative estimate of drug-likeness (QED) is 0.342. The van der Waals surface area contributed by atoms with Crippen LogP contribution in [0.5, 0.6) is 0 Å². The molecule has 0 aliphatic heterocycles. The summed E-state index contributed by atoms with van der Waals surface area (Å²) in [5, 5.41) is 0. The zero-order valence-corrected chi connectivity index (χ0v) is 6.70. The summed E-state index contributed by atoms with van der Waals surface area (Å²) in [6.45, 7) is -0.142. The van der Waals surface area contributed by atoms with Gasteiger partial charge in [0.25, 0.3) is 0 Å². The van der Waals surface area contributed by atoms with Crippen LogP contribution in [0.1, 0.15) is 0 Å². The molecule has 0 fully saturated rings. The Morgan fingerprint density at radius 1 is 0.800 bits per heavy atom. The van der Waals surface area contributed by atoms with Crippen molar-refractivity contribution in [1.29, 1.82) is 0 Å². The molecule has 0 amide bonds. The highest BCUT2D eigenvalue weighted by Gasteiger charge is 2.01. The van der Waals surface area contributed by atoms with Crippen LogP contribution in [0.15, 0.2) is 0 Å². The number of hydrogen-bond acceptors (Lipinski definition) is 6. The average Bonchev–Trinajstić information content (AvgIpc) is 1.79. The smallest absolute Gasteiger partial charge is 0.327 e. The Bertz CT molecular complexity index is 66.1. The Balaban J connectivity index is 2.91. The molecule has 0 aliphatic carbocycles. The van der Waals surface area contributed by atoms with Gasteiger partial charge in [0.2, 0.25) is 0 Å². The van der Waals surface area contributed by atoms with Crippen molar-refractivity contribution in [2.45, 2.75) is 0 Å². The predicted octanol–water partition coefficient (Wildman–Crippen LogP) is -0.557. The molecule has 0 heterocycles. The molecule has 8 heteroatoms. The maximum atomic E-state index is 8.14. The molecule has 62 valence electrons. The van der Waals surface area contributed by atoms with Crippen molar-refractivity contribution in [1.82, 2.24) is 0 Å². The first kappa shape index (κ1) is 10.6. The van der Waals surface area contributed by atoms with Gasteiger partial charge in [-0.15, -0.1) is 0 Å². The minimum Gasteiger partial charge on any atom is -0.328 e. The summed E-state index contributed by atoms with van der Waals surface area (Å²) in [4.78, 5) is 32.6. The summed E-state index contributed by atoms with van der Waals surface area (Å²) in [5.74, 6) is 0. The molecule has 10 heavy (non-hydrogen) atoms. The maximum Gasteiger partial charge on any atom is 0.327 e. The summed E-state index contributed by atoms with van der Waals surface area (Å²) in [5.41, 5.74) is 0. The van der Waals surface area contributed by atoms with Crippen LogP contribution in [0.4, 0.5) is 0 Å². The van der Waals surface area contributed by atoms with E-state index in [-0.39, 0.29) is 13.2 Å². The predicted molar refractivity (Wildman–Crippen MR) is 34.6 cm³/mol. The van der Waals surface area contributed by atoms with Gasteiger partial charge in [0.15, 0.2) is 0 Å². The fourth-order valence-electron chi connectivity index (χ4n) is 0.238. The lowest BCUT2D eigenvalue weighted by atomic mass is 10.8. The van der Waals surface area contributed by atoms with E-state index >= 15 is 0 Å². The molecule has 0 radical (unpaired) electrons. The third-order valence-corrected chi connectivity index (χ3v) is 1.32. The molecular weight excluding hydrogens is 182 g/mol. The first-order valence-electron chi connectivity index (χ1n) is 2.24. The summed E-state index contributed by atoms with van der Waals surface area (Å²) in [6.07, 6.45) is 0. The molecule has 0 unspecified atom stereocenters. The third-order valence-electron chi connectivity index (χ3n) is 0.497. The van der Waals surface area contributed by atoms with Crippen LogP contribution in [0.2, 0.25) is 0 Å². The highest BCUT2D eigenvalue weighted by molar-refractivity contribution is 7.39. The monoisotopic (exact) mass is 190 g/mol. The summed E-state index contributed by atoms with van der Waals surface area (Å²) < 4.78 is 8.46. The van der Waals surface area contributed by atoms with E-state index in [1.54, 1.807) is 0 Å². The van der Waals surface area contributed by atoms with Gasteiger partial charge in [0, 0.05) is 0 Å². The molecule has 0 aromatic carbocycles. The SMILES string of the molecule is OP(O)OCCOP(O)O. The minimum atomic E-state index is -2.37. The molecule has 0 bridgehead atoms. The Hall–Kier alpha value is 0.620. The van der Waals surface area contributed by atoms with E-state index in [4.69, 9.17) is 19.6 Å². The fourth-order valence-corrected chi connectivity index (χ4v) is 0.714. The van der Waals surface area contributed by atoms with Crippen LogP contribution in [0.25, 0.3) is 0 Å². The Morgan fingerprint density at radius 3 is 1.30 bits per heavy atom. The minimum absolute atomic E-state index is 0.0708. The molecule has 6 nitrogen and oxygen atoms in total. The van der Waals surface area contributed by atoms with E-state index in [1.807, 2.05) is 0 Å². The van der Waals surface area contributed by atoms with Crippen molar-refractivity contribution in [2.75, 3.05) is 13.2 Å². The Kier molecular flexibility index (Phi) is 6.73. The highest BCUT2D eigenvalue weighted by atomic mass is 31.2. The second kappa shape index (κ2) is 6.34. The molecule has 4 N–H and O–H groups in total. The zero-order chi connectivity index (χ0) is 7.98. The number of hydrogen-bond donors (Lipinski definition) is 4. The summed E-state index contributed by atoms with van der Waals surface area (Å²) in [6, 6.07) is 0. The van der Waals surface area contributed by atoms with Crippen LogP contribution in [-0.2, 0) is 9.05 Å². The lowest BCUT2D eigenvalue weighted by Crippen LogP contribution is -1.97. The molecule has 0 atom stereocenters. The molecular formula is C2H8O6P2. The largest absolute Gasteiger partial charge is 0.328 e. The van der Waals surface area contributed by atoms with Crippen LogP contribution >= 0.6 is 17.2 Å². The molecule has 0 aliphatic rings. The molecule has 0 aromatic heterocycles. The van der Waals surface area contributed by atoms with Crippen LogP contribution in [-0.4, -0.2) is 32.8 Å². The Labute approximate surface area is 60.0 Å². The lowest BCUT2D eigenvalue weighted by molar-refractivity contribution is 0.177. The normalized spacial score (nSPS) is 11.4. The van der Waals surface area contributed by atoms with E-state index < -0.39 is 17.2 Å². The Morgan fingerprint density at radius 2 is 1.10 bits per heavy atom. The van der Waals surface area contributed by atoms with Gasteiger partial charge in [-0.2, -0.15) is 0 Å². The van der Waals surface area contributed by atoms with E-state index in [0.29, 0.717) is 0 Å². The van der Waals surface area contributed by atoms with Gasteiger partial charge in [0.1, 0.15) is 0 Å². The van der Waals surface area contributed by atoms with E-state index in [9.17, 15) is 0 Å². The van der Waals surface area contributed by atoms with Gasteiger partial charge in [-0.3, -0.25) is 0 Å². The third kappa shape index (κ3) is 8.62. The van der Waals surface area contributed by atoms with E-state index in [1.165, 1.54) is 0 Å². The summed E-state index contributed by atoms with van der Waals surface area (Å²) in [7, 11) is -4.73. The van der Waals surface area contributed by atoms with Crippen LogP contribution < -0.4 is 0 Å². The molecule has 0 saturated heterocycles. The van der Waals surface area contributed by atoms with E-state index in [2.05, 4.69) is 9.05 Å². The number of rotatable bonds is 5. The van der Waals surface area contributed by atoms with Crippen LogP contribution in [0, 0.1) is 0 Å². The van der Waals surface area contributed by atoms with Gasteiger partial charge in [-0.25, -0.2) is 0 Å². The van der Waals surface area contributed by atoms with Crippen molar-refractivity contribution >= 4 is 17.2 Å². The van der Waals surface area contributed by atoms with Gasteiger partial charge in [0.05, 0.1) is 13.2 Å². The van der Waals surface area contributed by atoms with Gasteiger partial charge < -0.3 is 28.6 Å². The molecule has 0 rings (SSSR count). The highest BCUT2D eigenvalue weighted by Crippen LogP contribution is 2.26. The average molecular weight is 190 g/mol. The molecule has 0 saturated carbocycles. The second-order valence-corrected chi connectivity index (χ2v) is 2.70. The fraction of sp³-hybridized carbons (Fsp3) is 1.00. The van der Waals surface area contributed by atoms with Crippen molar-refractivity contribution in [3.8, 4) is 0 Å². The van der Waals surface area contributed by atoms with Gasteiger partial charge >= 0.3 is 17.2 Å². The molecule has 0 aromatic rings. The van der Waals surface area contributed by atoms with Crippen molar-refractivity contribution in [3.05, 3.63) is 0 Å². The second-order valence-electron chi connectivity index (χ2n) is 1.17. The summed E-state index contributed by atoms with van der Waals surface area (Å²) >= 11 is 0. The first-order valence-corrected chi connectivity index (χ1v) is 4.57. The van der Waals surface area contributed by atoms with Crippen molar-refractivity contribution in [2.24, 2.45) is 0 Å².